The monoisotopic (exact) mass is 478 g/mol. The van der Waals surface area contributed by atoms with Gasteiger partial charge in [-0.3, -0.25) is 14.4 Å². The molecule has 1 aromatic heterocycles. The molecule has 0 bridgehead atoms. The summed E-state index contributed by atoms with van der Waals surface area (Å²) in [6, 6.07) is 12.8. The highest BCUT2D eigenvalue weighted by Gasteiger charge is 2.37. The Balaban J connectivity index is 1.64. The van der Waals surface area contributed by atoms with Gasteiger partial charge < -0.3 is 9.47 Å². The van der Waals surface area contributed by atoms with Gasteiger partial charge in [0.1, 0.15) is 11.5 Å². The lowest BCUT2D eigenvalue weighted by Gasteiger charge is -2.34. The highest BCUT2D eigenvalue weighted by Crippen LogP contribution is 2.37. The third kappa shape index (κ3) is 4.31. The van der Waals surface area contributed by atoms with E-state index in [0.29, 0.717) is 26.7 Å². The standard InChI is InChI=1S/C19H18N4O5S3/c1-27-12-7-9-13(10-8-12)31(25,26)23-11-16(28-15-6-4-3-5-14(15)23)17(24)20-18-21-22-19(29-2)30-18/h3-10,16H,11H2,1-2H3,(H,20,21,24)/t16-/m0/s1. The molecule has 9 nitrogen and oxygen atoms in total. The SMILES string of the molecule is COc1ccc(S(=O)(=O)N2C[C@@H](C(=O)Nc3nnc(SC)s3)Oc3ccccc32)cc1. The molecule has 0 spiro atoms. The van der Waals surface area contributed by atoms with E-state index in [2.05, 4.69) is 15.5 Å². The topological polar surface area (TPSA) is 111 Å². The normalized spacial score (nSPS) is 15.7. The Hall–Kier alpha value is -2.83. The Bertz CT molecular complexity index is 1200. The van der Waals surface area contributed by atoms with E-state index >= 15 is 0 Å². The number of hydrogen-bond acceptors (Lipinski definition) is 9. The van der Waals surface area contributed by atoms with Crippen LogP contribution in [0, 0.1) is 0 Å². The van der Waals surface area contributed by atoms with Gasteiger partial charge in [-0.25, -0.2) is 8.42 Å². The molecule has 0 saturated heterocycles. The number of nitrogens with one attached hydrogen (secondary N) is 1. The summed E-state index contributed by atoms with van der Waals surface area (Å²) in [5.41, 5.74) is 0.364. The fourth-order valence-corrected chi connectivity index (χ4v) is 5.62. The van der Waals surface area contributed by atoms with Gasteiger partial charge in [0, 0.05) is 0 Å². The van der Waals surface area contributed by atoms with Crippen LogP contribution in [0.1, 0.15) is 0 Å². The number of benzene rings is 2. The van der Waals surface area contributed by atoms with Crippen LogP contribution < -0.4 is 19.1 Å². The van der Waals surface area contributed by atoms with Crippen molar-refractivity contribution in [1.29, 1.82) is 0 Å². The van der Waals surface area contributed by atoms with E-state index in [1.807, 2.05) is 6.26 Å². The summed E-state index contributed by atoms with van der Waals surface area (Å²) in [6.07, 6.45) is 0.791. The minimum Gasteiger partial charge on any atom is -0.497 e. The Morgan fingerprint density at radius 1 is 1.23 bits per heavy atom. The highest BCUT2D eigenvalue weighted by atomic mass is 32.2. The third-order valence-electron chi connectivity index (χ3n) is 4.49. The summed E-state index contributed by atoms with van der Waals surface area (Å²) >= 11 is 2.64. The van der Waals surface area contributed by atoms with Crippen LogP contribution in [0.5, 0.6) is 11.5 Å². The number of nitrogens with zero attached hydrogens (tertiary/aromatic N) is 3. The van der Waals surface area contributed by atoms with Crippen LogP contribution in [-0.2, 0) is 14.8 Å². The van der Waals surface area contributed by atoms with E-state index in [1.54, 1.807) is 36.4 Å². The largest absolute Gasteiger partial charge is 0.497 e. The number of rotatable bonds is 6. The minimum absolute atomic E-state index is 0.0814. The smallest absolute Gasteiger partial charge is 0.269 e. The molecule has 2 aromatic carbocycles. The molecule has 2 heterocycles. The Labute approximate surface area is 187 Å². The number of fused-ring (bicyclic) bond motifs is 1. The number of aromatic nitrogens is 2. The van der Waals surface area contributed by atoms with E-state index in [4.69, 9.17) is 9.47 Å². The first-order chi connectivity index (χ1) is 14.9. The fraction of sp³-hybridized carbons (Fsp3) is 0.211. The fourth-order valence-electron chi connectivity index (χ4n) is 2.97. The summed E-state index contributed by atoms with van der Waals surface area (Å²) in [6.45, 7) is -0.189. The minimum atomic E-state index is -3.95. The Kier molecular flexibility index (Phi) is 6.03. The second-order valence-electron chi connectivity index (χ2n) is 6.35. The molecular weight excluding hydrogens is 460 g/mol. The molecule has 1 aliphatic rings. The molecular formula is C19H18N4O5S3. The number of thioether (sulfide) groups is 1. The van der Waals surface area contributed by atoms with Crippen molar-refractivity contribution < 1.29 is 22.7 Å². The van der Waals surface area contributed by atoms with E-state index in [9.17, 15) is 13.2 Å². The van der Waals surface area contributed by atoms with Crippen LogP contribution in [0.2, 0.25) is 0 Å². The molecule has 0 radical (unpaired) electrons. The summed E-state index contributed by atoms with van der Waals surface area (Å²) in [7, 11) is -2.45. The van der Waals surface area contributed by atoms with E-state index in [-0.39, 0.29) is 11.4 Å². The molecule has 162 valence electrons. The van der Waals surface area contributed by atoms with Crippen molar-refractivity contribution in [3.8, 4) is 11.5 Å². The summed E-state index contributed by atoms with van der Waals surface area (Å²) in [5, 5.41) is 10.8. The van der Waals surface area contributed by atoms with Crippen molar-refractivity contribution >= 4 is 49.8 Å². The number of hydrogen-bond donors (Lipinski definition) is 1. The molecule has 1 amide bonds. The maximum atomic E-state index is 13.4. The molecule has 4 rings (SSSR count). The average Bonchev–Trinajstić information content (AvgIpc) is 3.25. The number of sulfonamides is 1. The van der Waals surface area contributed by atoms with Gasteiger partial charge in [-0.2, -0.15) is 0 Å². The van der Waals surface area contributed by atoms with E-state index < -0.39 is 22.0 Å². The molecule has 0 aliphatic carbocycles. The van der Waals surface area contributed by atoms with Gasteiger partial charge in [-0.05, 0) is 42.7 Å². The predicted molar refractivity (Wildman–Crippen MR) is 119 cm³/mol. The lowest BCUT2D eigenvalue weighted by Crippen LogP contribution is -2.48. The quantitative estimate of drug-likeness (QED) is 0.425. The predicted octanol–water partition coefficient (Wildman–Crippen LogP) is 2.86. The van der Waals surface area contributed by atoms with Crippen molar-refractivity contribution in [2.24, 2.45) is 0 Å². The van der Waals surface area contributed by atoms with Crippen LogP contribution in [0.25, 0.3) is 0 Å². The molecule has 1 aliphatic heterocycles. The first kappa shape index (κ1) is 21.4. The van der Waals surface area contributed by atoms with Crippen molar-refractivity contribution in [1.82, 2.24) is 10.2 Å². The Morgan fingerprint density at radius 3 is 2.65 bits per heavy atom. The van der Waals surface area contributed by atoms with Gasteiger partial charge in [0.15, 0.2) is 10.4 Å². The van der Waals surface area contributed by atoms with Crippen molar-refractivity contribution in [2.75, 3.05) is 29.5 Å². The van der Waals surface area contributed by atoms with Gasteiger partial charge in [-0.1, -0.05) is 35.2 Å². The highest BCUT2D eigenvalue weighted by molar-refractivity contribution is 8.00. The second-order valence-corrected chi connectivity index (χ2v) is 10.2. The zero-order valence-corrected chi connectivity index (χ0v) is 19.0. The Morgan fingerprint density at radius 2 is 1.97 bits per heavy atom. The maximum Gasteiger partial charge on any atom is 0.269 e. The zero-order chi connectivity index (χ0) is 22.0. The van der Waals surface area contributed by atoms with Gasteiger partial charge in [0.05, 0.1) is 24.2 Å². The molecule has 1 atom stereocenters. The number of ether oxygens (including phenoxy) is 2. The lowest BCUT2D eigenvalue weighted by molar-refractivity contribution is -0.122. The number of methoxy groups -OCH3 is 1. The van der Waals surface area contributed by atoms with Crippen molar-refractivity contribution in [3.05, 3.63) is 48.5 Å². The molecule has 0 unspecified atom stereocenters. The molecule has 31 heavy (non-hydrogen) atoms. The molecule has 0 saturated carbocycles. The van der Waals surface area contributed by atoms with Gasteiger partial charge in [-0.15, -0.1) is 10.2 Å². The van der Waals surface area contributed by atoms with Crippen LogP contribution in [0.3, 0.4) is 0 Å². The van der Waals surface area contributed by atoms with E-state index in [1.165, 1.54) is 46.6 Å². The molecule has 3 aromatic rings. The van der Waals surface area contributed by atoms with Crippen LogP contribution in [0.4, 0.5) is 10.8 Å². The van der Waals surface area contributed by atoms with Crippen molar-refractivity contribution in [3.63, 3.8) is 0 Å². The van der Waals surface area contributed by atoms with Crippen molar-refractivity contribution in [2.45, 2.75) is 15.3 Å². The van der Waals surface area contributed by atoms with Gasteiger partial charge in [0.2, 0.25) is 5.13 Å². The molecule has 0 fully saturated rings. The number of amides is 1. The molecule has 1 N–H and O–H groups in total. The number of para-hydroxylation sites is 2. The summed E-state index contributed by atoms with van der Waals surface area (Å²) in [5.74, 6) is 0.335. The second kappa shape index (κ2) is 8.73. The zero-order valence-electron chi connectivity index (χ0n) is 16.5. The summed E-state index contributed by atoms with van der Waals surface area (Å²) in [4.78, 5) is 12.9. The first-order valence-corrected chi connectivity index (χ1v) is 12.5. The van der Waals surface area contributed by atoms with Gasteiger partial charge >= 0.3 is 0 Å². The average molecular weight is 479 g/mol. The molecule has 12 heteroatoms. The number of carbonyl (C=O) groups is 1. The number of anilines is 2. The number of carbonyl (C=O) groups excluding carboxylic acids is 1. The summed E-state index contributed by atoms with van der Waals surface area (Å²) < 4.78 is 39.6. The van der Waals surface area contributed by atoms with Crippen LogP contribution >= 0.6 is 23.1 Å². The van der Waals surface area contributed by atoms with Gasteiger partial charge in [0.25, 0.3) is 15.9 Å². The third-order valence-corrected chi connectivity index (χ3v) is 8.09. The maximum absolute atomic E-state index is 13.4. The van der Waals surface area contributed by atoms with Crippen LogP contribution in [-0.4, -0.2) is 50.5 Å². The van der Waals surface area contributed by atoms with E-state index in [0.717, 1.165) is 0 Å². The lowest BCUT2D eigenvalue weighted by atomic mass is 10.2. The first-order valence-electron chi connectivity index (χ1n) is 9.03. The van der Waals surface area contributed by atoms with Crippen LogP contribution in [0.15, 0.2) is 57.8 Å².